The fraction of sp³-hybridized carbons (Fsp3) is 0.222. The number of amides is 1. The first-order valence-corrected chi connectivity index (χ1v) is 5.30. The SMILES string of the molecule is C#CCNC(=O)CSc1nc(N)cc(=O)[nH]1. The lowest BCUT2D eigenvalue weighted by molar-refractivity contribution is -0.118. The van der Waals surface area contributed by atoms with Gasteiger partial charge in [-0.2, -0.15) is 0 Å². The summed E-state index contributed by atoms with van der Waals surface area (Å²) in [6, 6.07) is 1.17. The Morgan fingerprint density at radius 2 is 2.50 bits per heavy atom. The van der Waals surface area contributed by atoms with Crippen molar-refractivity contribution in [3.8, 4) is 12.3 Å². The highest BCUT2D eigenvalue weighted by molar-refractivity contribution is 7.99. The number of nitrogens with zero attached hydrogens (tertiary/aromatic N) is 1. The molecule has 0 spiro atoms. The third-order valence-corrected chi connectivity index (χ3v) is 2.34. The van der Waals surface area contributed by atoms with Crippen LogP contribution in [0.4, 0.5) is 5.82 Å². The van der Waals surface area contributed by atoms with E-state index in [0.29, 0.717) is 5.16 Å². The minimum Gasteiger partial charge on any atom is -0.383 e. The predicted molar refractivity (Wildman–Crippen MR) is 61.8 cm³/mol. The Bertz CT molecular complexity index is 477. The van der Waals surface area contributed by atoms with Crippen LogP contribution >= 0.6 is 11.8 Å². The molecule has 1 aromatic rings. The zero-order valence-corrected chi connectivity index (χ0v) is 9.13. The number of nitrogens with two attached hydrogens (primary N) is 1. The number of rotatable bonds is 4. The lowest BCUT2D eigenvalue weighted by Crippen LogP contribution is -2.25. The first-order chi connectivity index (χ1) is 7.61. The molecule has 4 N–H and O–H groups in total. The van der Waals surface area contributed by atoms with Crippen LogP contribution in [0, 0.1) is 12.3 Å². The summed E-state index contributed by atoms with van der Waals surface area (Å²) in [7, 11) is 0. The summed E-state index contributed by atoms with van der Waals surface area (Å²) in [4.78, 5) is 28.5. The van der Waals surface area contributed by atoms with Crippen LogP contribution in [-0.2, 0) is 4.79 Å². The van der Waals surface area contributed by atoms with Crippen LogP contribution in [0.5, 0.6) is 0 Å². The molecule has 6 nitrogen and oxygen atoms in total. The summed E-state index contributed by atoms with van der Waals surface area (Å²) in [5.41, 5.74) is 5.03. The molecule has 0 aromatic carbocycles. The molecule has 0 aliphatic carbocycles. The van der Waals surface area contributed by atoms with Crippen molar-refractivity contribution in [3.63, 3.8) is 0 Å². The molecule has 16 heavy (non-hydrogen) atoms. The molecule has 0 saturated carbocycles. The molecule has 0 fully saturated rings. The first kappa shape index (κ1) is 12.1. The van der Waals surface area contributed by atoms with Crippen molar-refractivity contribution in [1.82, 2.24) is 15.3 Å². The molecule has 1 rings (SSSR count). The average Bonchev–Trinajstić information content (AvgIpc) is 2.22. The first-order valence-electron chi connectivity index (χ1n) is 4.31. The summed E-state index contributed by atoms with van der Waals surface area (Å²) >= 11 is 1.08. The second-order valence-electron chi connectivity index (χ2n) is 2.74. The van der Waals surface area contributed by atoms with Crippen molar-refractivity contribution >= 4 is 23.5 Å². The maximum atomic E-state index is 11.2. The number of H-pyrrole nitrogens is 1. The fourth-order valence-corrected chi connectivity index (χ4v) is 1.57. The van der Waals surface area contributed by atoms with Crippen LogP contribution in [-0.4, -0.2) is 28.2 Å². The number of anilines is 1. The lowest BCUT2D eigenvalue weighted by atomic mass is 10.6. The Labute approximate surface area is 96.0 Å². The van der Waals surface area contributed by atoms with Gasteiger partial charge < -0.3 is 16.0 Å². The lowest BCUT2D eigenvalue weighted by Gasteiger charge is -2.01. The molecule has 7 heteroatoms. The van der Waals surface area contributed by atoms with Crippen molar-refractivity contribution in [2.24, 2.45) is 0 Å². The number of carbonyl (C=O) groups is 1. The molecule has 1 heterocycles. The van der Waals surface area contributed by atoms with Crippen LogP contribution < -0.4 is 16.6 Å². The van der Waals surface area contributed by atoms with Crippen LogP contribution in [0.3, 0.4) is 0 Å². The van der Waals surface area contributed by atoms with E-state index < -0.39 is 0 Å². The summed E-state index contributed by atoms with van der Waals surface area (Å²) in [5, 5.41) is 2.79. The van der Waals surface area contributed by atoms with Crippen LogP contribution in [0.1, 0.15) is 0 Å². The molecule has 0 saturated heterocycles. The van der Waals surface area contributed by atoms with Gasteiger partial charge >= 0.3 is 0 Å². The monoisotopic (exact) mass is 238 g/mol. The molecule has 0 aliphatic heterocycles. The van der Waals surface area contributed by atoms with Gasteiger partial charge in [0.25, 0.3) is 5.56 Å². The number of terminal acetylenes is 1. The largest absolute Gasteiger partial charge is 0.383 e. The van der Waals surface area contributed by atoms with Crippen LogP contribution in [0.2, 0.25) is 0 Å². The standard InChI is InChI=1S/C9H10N4O2S/c1-2-3-11-8(15)5-16-9-12-6(10)4-7(14)13-9/h1,4H,3,5H2,(H,11,15)(H3,10,12,13,14). The van der Waals surface area contributed by atoms with E-state index in [4.69, 9.17) is 12.2 Å². The molecule has 0 bridgehead atoms. The van der Waals surface area contributed by atoms with Crippen molar-refractivity contribution in [2.75, 3.05) is 18.0 Å². The van der Waals surface area contributed by atoms with Crippen molar-refractivity contribution in [3.05, 3.63) is 16.4 Å². The van der Waals surface area contributed by atoms with Crippen molar-refractivity contribution in [1.29, 1.82) is 0 Å². The molecule has 0 atom stereocenters. The van der Waals surface area contributed by atoms with E-state index in [1.807, 2.05) is 0 Å². The fourth-order valence-electron chi connectivity index (χ4n) is 0.856. The van der Waals surface area contributed by atoms with E-state index >= 15 is 0 Å². The Morgan fingerprint density at radius 3 is 3.12 bits per heavy atom. The molecule has 0 unspecified atom stereocenters. The molecule has 84 valence electrons. The normalized spacial score (nSPS) is 9.44. The van der Waals surface area contributed by atoms with Gasteiger partial charge in [-0.05, 0) is 0 Å². The smallest absolute Gasteiger partial charge is 0.253 e. The van der Waals surface area contributed by atoms with E-state index in [1.54, 1.807) is 0 Å². The van der Waals surface area contributed by atoms with Gasteiger partial charge in [-0.3, -0.25) is 9.59 Å². The Kier molecular flexibility index (Phi) is 4.42. The molecule has 1 amide bonds. The highest BCUT2D eigenvalue weighted by atomic mass is 32.2. The number of hydrogen-bond donors (Lipinski definition) is 3. The second kappa shape index (κ2) is 5.82. The van der Waals surface area contributed by atoms with Crippen molar-refractivity contribution < 1.29 is 4.79 Å². The molecule has 0 aliphatic rings. The topological polar surface area (TPSA) is 101 Å². The van der Waals surface area contributed by atoms with E-state index in [2.05, 4.69) is 21.2 Å². The third-order valence-electron chi connectivity index (χ3n) is 1.47. The summed E-state index contributed by atoms with van der Waals surface area (Å²) in [5.74, 6) is 2.29. The van der Waals surface area contributed by atoms with Gasteiger partial charge in [0, 0.05) is 6.07 Å². The predicted octanol–water partition coefficient (Wildman–Crippen LogP) is -0.806. The second-order valence-corrected chi connectivity index (χ2v) is 3.71. The zero-order chi connectivity index (χ0) is 12.0. The quantitative estimate of drug-likeness (QED) is 0.362. The van der Waals surface area contributed by atoms with Gasteiger partial charge in [-0.25, -0.2) is 4.98 Å². The Balaban J connectivity index is 2.52. The number of aromatic nitrogens is 2. The number of hydrogen-bond acceptors (Lipinski definition) is 5. The Morgan fingerprint density at radius 1 is 1.75 bits per heavy atom. The maximum absolute atomic E-state index is 11.2. The number of nitrogen functional groups attached to an aromatic ring is 1. The van der Waals surface area contributed by atoms with Crippen LogP contribution in [0.15, 0.2) is 16.0 Å². The van der Waals surface area contributed by atoms with E-state index in [0.717, 1.165) is 11.8 Å². The minimum absolute atomic E-state index is 0.119. The third kappa shape index (κ3) is 4.06. The van der Waals surface area contributed by atoms with Gasteiger partial charge in [0.1, 0.15) is 5.82 Å². The summed E-state index contributed by atoms with van der Waals surface area (Å²) in [6.07, 6.45) is 4.98. The van der Waals surface area contributed by atoms with E-state index in [1.165, 1.54) is 6.07 Å². The maximum Gasteiger partial charge on any atom is 0.253 e. The molecular weight excluding hydrogens is 228 g/mol. The number of aromatic amines is 1. The van der Waals surface area contributed by atoms with Gasteiger partial charge in [0.05, 0.1) is 12.3 Å². The van der Waals surface area contributed by atoms with Gasteiger partial charge in [0.15, 0.2) is 5.16 Å². The van der Waals surface area contributed by atoms with Crippen molar-refractivity contribution in [2.45, 2.75) is 5.16 Å². The minimum atomic E-state index is -0.348. The zero-order valence-electron chi connectivity index (χ0n) is 8.32. The molecule has 0 radical (unpaired) electrons. The van der Waals surface area contributed by atoms with Crippen LogP contribution in [0.25, 0.3) is 0 Å². The number of carbonyl (C=O) groups excluding carboxylic acids is 1. The average molecular weight is 238 g/mol. The summed E-state index contributed by atoms with van der Waals surface area (Å²) < 4.78 is 0. The van der Waals surface area contributed by atoms with Gasteiger partial charge in [-0.1, -0.05) is 17.7 Å². The highest BCUT2D eigenvalue weighted by Crippen LogP contribution is 2.10. The van der Waals surface area contributed by atoms with E-state index in [-0.39, 0.29) is 29.6 Å². The number of nitrogens with one attached hydrogen (secondary N) is 2. The molecule has 1 aromatic heterocycles. The van der Waals surface area contributed by atoms with Gasteiger partial charge in [-0.15, -0.1) is 6.42 Å². The summed E-state index contributed by atoms with van der Waals surface area (Å²) in [6.45, 7) is 0.181. The van der Waals surface area contributed by atoms with E-state index in [9.17, 15) is 9.59 Å². The van der Waals surface area contributed by atoms with Gasteiger partial charge in [0.2, 0.25) is 5.91 Å². The number of thioether (sulfide) groups is 1. The molecular formula is C9H10N4O2S. The highest BCUT2D eigenvalue weighted by Gasteiger charge is 2.04. The Hall–Kier alpha value is -1.94.